The molecule has 0 radical (unpaired) electrons. The fourth-order valence-electron chi connectivity index (χ4n) is 2.16. The number of nitrogens with one attached hydrogen (secondary N) is 2. The van der Waals surface area contributed by atoms with Crippen molar-refractivity contribution >= 4 is 29.4 Å². The van der Waals surface area contributed by atoms with Crippen LogP contribution in [0.15, 0.2) is 23.2 Å². The number of carbonyl (C=O) groups excluding carboxylic acids is 2. The number of guanidine groups is 1. The van der Waals surface area contributed by atoms with Gasteiger partial charge in [0.15, 0.2) is 5.96 Å². The number of aliphatic carboxylic acids is 1. The Morgan fingerprint density at radius 3 is 2.59 bits per heavy atom. The molecule has 0 aromatic heterocycles. The predicted molar refractivity (Wildman–Crippen MR) is 102 cm³/mol. The largest absolute Gasteiger partial charge is 0.481 e. The molecule has 2 amide bonds. The summed E-state index contributed by atoms with van der Waals surface area (Å²) in [4.78, 5) is 38.6. The van der Waals surface area contributed by atoms with Crippen LogP contribution in [0.1, 0.15) is 35.2 Å². The highest BCUT2D eigenvalue weighted by molar-refractivity contribution is 5.99. The third-order valence-corrected chi connectivity index (χ3v) is 3.69. The number of carbonyl (C=O) groups is 3. The number of nitrogens with zero attached hydrogens (tertiary/aromatic N) is 1. The van der Waals surface area contributed by atoms with E-state index in [9.17, 15) is 14.4 Å². The van der Waals surface area contributed by atoms with Crippen molar-refractivity contribution < 1.29 is 19.5 Å². The molecule has 1 rings (SSSR count). The zero-order valence-electron chi connectivity index (χ0n) is 15.2. The lowest BCUT2D eigenvalue weighted by Crippen LogP contribution is -2.36. The van der Waals surface area contributed by atoms with Crippen LogP contribution >= 0.6 is 0 Å². The van der Waals surface area contributed by atoms with Crippen LogP contribution in [0.3, 0.4) is 0 Å². The lowest BCUT2D eigenvalue weighted by molar-refractivity contribution is -0.136. The second-order valence-electron chi connectivity index (χ2n) is 5.97. The van der Waals surface area contributed by atoms with Gasteiger partial charge in [-0.15, -0.1) is 0 Å². The first-order chi connectivity index (χ1) is 12.7. The van der Waals surface area contributed by atoms with Gasteiger partial charge in [0.05, 0.1) is 12.5 Å². The van der Waals surface area contributed by atoms with Crippen LogP contribution in [-0.2, 0) is 9.59 Å². The summed E-state index contributed by atoms with van der Waals surface area (Å²) in [5, 5.41) is 13.8. The van der Waals surface area contributed by atoms with Gasteiger partial charge in [0.1, 0.15) is 0 Å². The van der Waals surface area contributed by atoms with Crippen molar-refractivity contribution in [1.82, 2.24) is 5.32 Å². The third-order valence-electron chi connectivity index (χ3n) is 3.69. The predicted octanol–water partition coefficient (Wildman–Crippen LogP) is -0.481. The minimum Gasteiger partial charge on any atom is -0.481 e. The number of benzene rings is 1. The Bertz CT molecular complexity index is 715. The zero-order chi connectivity index (χ0) is 20.4. The number of carboxylic acid groups (broad SMARTS) is 1. The monoisotopic (exact) mass is 378 g/mol. The molecule has 0 saturated heterocycles. The lowest BCUT2D eigenvalue weighted by Gasteiger charge is -2.14. The smallest absolute Gasteiger partial charge is 0.305 e. The molecule has 0 saturated carbocycles. The molecule has 0 bridgehead atoms. The highest BCUT2D eigenvalue weighted by Gasteiger charge is 2.15. The topological polar surface area (TPSA) is 186 Å². The van der Waals surface area contributed by atoms with E-state index in [0.717, 1.165) is 5.56 Å². The second-order valence-corrected chi connectivity index (χ2v) is 5.97. The number of amides is 2. The zero-order valence-corrected chi connectivity index (χ0v) is 15.2. The number of aryl methyl sites for hydroxylation is 1. The summed E-state index contributed by atoms with van der Waals surface area (Å²) >= 11 is 0. The van der Waals surface area contributed by atoms with Crippen LogP contribution in [-0.4, -0.2) is 48.0 Å². The molecule has 10 nitrogen and oxygen atoms in total. The maximum absolute atomic E-state index is 12.2. The van der Waals surface area contributed by atoms with Crippen LogP contribution in [0, 0.1) is 6.92 Å². The first-order valence-electron chi connectivity index (χ1n) is 8.43. The molecule has 9 N–H and O–H groups in total. The Hall–Kier alpha value is -3.14. The molecule has 148 valence electrons. The third kappa shape index (κ3) is 8.19. The fraction of sp³-hybridized carbons (Fsp3) is 0.412. The van der Waals surface area contributed by atoms with Gasteiger partial charge in [-0.1, -0.05) is 6.07 Å². The normalized spacial score (nSPS) is 11.3. The number of aliphatic imine (C=N–C) groups is 1. The van der Waals surface area contributed by atoms with E-state index >= 15 is 0 Å². The molecule has 0 fully saturated rings. The summed E-state index contributed by atoms with van der Waals surface area (Å²) in [5.74, 6) is -1.82. The quantitative estimate of drug-likeness (QED) is 0.180. The molecular weight excluding hydrogens is 352 g/mol. The maximum Gasteiger partial charge on any atom is 0.305 e. The molecule has 0 spiro atoms. The molecule has 0 heterocycles. The number of nitrogens with two attached hydrogens (primary N) is 3. The Balaban J connectivity index is 2.65. The fourth-order valence-corrected chi connectivity index (χ4v) is 2.16. The minimum absolute atomic E-state index is 0.0119. The minimum atomic E-state index is -0.999. The lowest BCUT2D eigenvalue weighted by atomic mass is 10.1. The van der Waals surface area contributed by atoms with E-state index < -0.39 is 17.9 Å². The van der Waals surface area contributed by atoms with Gasteiger partial charge in [0.25, 0.3) is 5.91 Å². The molecular formula is C17H26N6O4. The number of anilines is 1. The molecule has 1 atom stereocenters. The first-order valence-corrected chi connectivity index (χ1v) is 8.43. The van der Waals surface area contributed by atoms with Crippen LogP contribution in [0.4, 0.5) is 5.69 Å². The van der Waals surface area contributed by atoms with Gasteiger partial charge in [-0.05, 0) is 37.5 Å². The standard InChI is InChI=1S/C17H26N6O4/c1-10-4-5-11(15(26)21-8-6-14(24)25)9-13(10)23-16(27)12(18)3-2-7-22-17(19)20/h4-5,9,12H,2-3,6-8,18H2,1H3,(H,21,26)(H,23,27)(H,24,25)(H4,19,20,22)/t12-/m0/s1. The van der Waals surface area contributed by atoms with Crippen LogP contribution in [0.2, 0.25) is 0 Å². The summed E-state index contributed by atoms with van der Waals surface area (Å²) in [7, 11) is 0. The number of carboxylic acids is 1. The highest BCUT2D eigenvalue weighted by Crippen LogP contribution is 2.17. The maximum atomic E-state index is 12.2. The van der Waals surface area contributed by atoms with E-state index in [-0.39, 0.29) is 24.8 Å². The molecule has 1 aromatic carbocycles. The second kappa shape index (κ2) is 10.8. The number of hydrogen-bond donors (Lipinski definition) is 6. The Labute approximate surface area is 157 Å². The molecule has 10 heteroatoms. The molecule has 1 aromatic rings. The van der Waals surface area contributed by atoms with Crippen molar-refractivity contribution in [3.05, 3.63) is 29.3 Å². The van der Waals surface area contributed by atoms with Crippen molar-refractivity contribution in [2.45, 2.75) is 32.2 Å². The average molecular weight is 378 g/mol. The SMILES string of the molecule is Cc1ccc(C(=O)NCCC(=O)O)cc1NC(=O)[C@@H](N)CCCN=C(N)N. The first kappa shape index (κ1) is 21.9. The number of rotatable bonds is 10. The van der Waals surface area contributed by atoms with Gasteiger partial charge in [0.2, 0.25) is 5.91 Å². The molecule has 0 aliphatic rings. The van der Waals surface area contributed by atoms with E-state index in [0.29, 0.717) is 30.6 Å². The summed E-state index contributed by atoms with van der Waals surface area (Å²) < 4.78 is 0. The summed E-state index contributed by atoms with van der Waals surface area (Å²) in [6.45, 7) is 2.19. The average Bonchev–Trinajstić information content (AvgIpc) is 2.59. The van der Waals surface area contributed by atoms with Gasteiger partial charge >= 0.3 is 5.97 Å². The van der Waals surface area contributed by atoms with Crippen molar-refractivity contribution in [3.8, 4) is 0 Å². The van der Waals surface area contributed by atoms with Gasteiger partial charge in [-0.25, -0.2) is 0 Å². The summed E-state index contributed by atoms with van der Waals surface area (Å²) in [5.41, 5.74) is 17.9. The Morgan fingerprint density at radius 1 is 1.26 bits per heavy atom. The van der Waals surface area contributed by atoms with Crippen LogP contribution < -0.4 is 27.8 Å². The molecule has 0 aliphatic heterocycles. The van der Waals surface area contributed by atoms with Crippen molar-refractivity contribution in [1.29, 1.82) is 0 Å². The molecule has 0 unspecified atom stereocenters. The van der Waals surface area contributed by atoms with Crippen molar-refractivity contribution in [2.75, 3.05) is 18.4 Å². The molecule has 27 heavy (non-hydrogen) atoms. The summed E-state index contributed by atoms with van der Waals surface area (Å²) in [6.07, 6.45) is 0.782. The van der Waals surface area contributed by atoms with Crippen molar-refractivity contribution in [2.24, 2.45) is 22.2 Å². The van der Waals surface area contributed by atoms with E-state index in [4.69, 9.17) is 22.3 Å². The van der Waals surface area contributed by atoms with Gasteiger partial charge < -0.3 is 32.9 Å². The number of hydrogen-bond acceptors (Lipinski definition) is 5. The van der Waals surface area contributed by atoms with Crippen LogP contribution in [0.5, 0.6) is 0 Å². The molecule has 0 aliphatic carbocycles. The Kier molecular flexibility index (Phi) is 8.73. The van der Waals surface area contributed by atoms with Gasteiger partial charge in [-0.2, -0.15) is 0 Å². The van der Waals surface area contributed by atoms with E-state index in [1.807, 2.05) is 0 Å². The van der Waals surface area contributed by atoms with E-state index in [2.05, 4.69) is 15.6 Å². The van der Waals surface area contributed by atoms with Gasteiger partial charge in [0, 0.05) is 24.3 Å². The Morgan fingerprint density at radius 2 is 1.96 bits per heavy atom. The van der Waals surface area contributed by atoms with Gasteiger partial charge in [-0.3, -0.25) is 19.4 Å². The van der Waals surface area contributed by atoms with E-state index in [1.54, 1.807) is 19.1 Å². The van der Waals surface area contributed by atoms with Crippen LogP contribution in [0.25, 0.3) is 0 Å². The highest BCUT2D eigenvalue weighted by atomic mass is 16.4. The van der Waals surface area contributed by atoms with E-state index in [1.165, 1.54) is 6.07 Å². The summed E-state index contributed by atoms with van der Waals surface area (Å²) in [6, 6.07) is 4.06. The van der Waals surface area contributed by atoms with Crippen molar-refractivity contribution in [3.63, 3.8) is 0 Å².